The van der Waals surface area contributed by atoms with Crippen LogP contribution in [-0.2, 0) is 0 Å². The van der Waals surface area contributed by atoms with Crippen LogP contribution in [0.4, 0.5) is 4.39 Å². The van der Waals surface area contributed by atoms with Crippen molar-refractivity contribution < 1.29 is 18.4 Å². The zero-order chi connectivity index (χ0) is 16.4. The second-order valence-corrected chi connectivity index (χ2v) is 5.87. The Hall–Kier alpha value is -2.43. The van der Waals surface area contributed by atoms with Gasteiger partial charge in [-0.2, -0.15) is 0 Å². The zero-order valence-electron chi connectivity index (χ0n) is 12.9. The molecular weight excluding hydrogens is 297 g/mol. The van der Waals surface area contributed by atoms with Crippen molar-refractivity contribution in [1.29, 1.82) is 0 Å². The topological polar surface area (TPSA) is 50.5 Å². The molecule has 0 atom stereocenters. The maximum Gasteiger partial charge on any atom is 0.289 e. The van der Waals surface area contributed by atoms with Gasteiger partial charge in [0.1, 0.15) is 5.82 Å². The van der Waals surface area contributed by atoms with Gasteiger partial charge < -0.3 is 9.32 Å². The van der Waals surface area contributed by atoms with Gasteiger partial charge in [0, 0.05) is 24.6 Å². The van der Waals surface area contributed by atoms with Gasteiger partial charge in [0.15, 0.2) is 11.5 Å². The molecule has 2 heterocycles. The number of nitrogens with zero attached hydrogens (tertiary/aromatic N) is 1. The maximum absolute atomic E-state index is 13.3. The van der Waals surface area contributed by atoms with Crippen molar-refractivity contribution in [3.63, 3.8) is 0 Å². The molecule has 120 valence electrons. The Bertz CT molecular complexity index is 716. The van der Waals surface area contributed by atoms with E-state index in [0.29, 0.717) is 42.8 Å². The molecule has 1 aromatic carbocycles. The maximum atomic E-state index is 13.3. The standard InChI is InChI=1S/C18H18FNO3/c1-12-11-14(4-5-15(12)19)17(21)13-6-8-20(9-7-13)18(22)16-3-2-10-23-16/h2-5,10-11,13H,6-9H2,1H3. The third kappa shape index (κ3) is 3.18. The Morgan fingerprint density at radius 2 is 1.96 bits per heavy atom. The lowest BCUT2D eigenvalue weighted by atomic mass is 9.88. The summed E-state index contributed by atoms with van der Waals surface area (Å²) in [6.45, 7) is 2.70. The van der Waals surface area contributed by atoms with Gasteiger partial charge in [-0.1, -0.05) is 0 Å². The van der Waals surface area contributed by atoms with Gasteiger partial charge in [0.2, 0.25) is 0 Å². The molecule has 0 N–H and O–H groups in total. The fourth-order valence-corrected chi connectivity index (χ4v) is 2.93. The van der Waals surface area contributed by atoms with Crippen molar-refractivity contribution in [2.24, 2.45) is 5.92 Å². The van der Waals surface area contributed by atoms with Crippen LogP contribution in [0.3, 0.4) is 0 Å². The molecule has 23 heavy (non-hydrogen) atoms. The van der Waals surface area contributed by atoms with Crippen LogP contribution in [0.15, 0.2) is 41.0 Å². The van der Waals surface area contributed by atoms with Crippen LogP contribution in [-0.4, -0.2) is 29.7 Å². The minimum atomic E-state index is -0.305. The largest absolute Gasteiger partial charge is 0.459 e. The molecule has 3 rings (SSSR count). The highest BCUT2D eigenvalue weighted by atomic mass is 19.1. The number of amides is 1. The van der Waals surface area contributed by atoms with Gasteiger partial charge in [-0.05, 0) is 55.7 Å². The van der Waals surface area contributed by atoms with Crippen molar-refractivity contribution in [3.8, 4) is 0 Å². The third-order valence-electron chi connectivity index (χ3n) is 4.33. The number of carbonyl (C=O) groups is 2. The molecule has 1 aliphatic rings. The second kappa shape index (κ2) is 6.36. The Balaban J connectivity index is 1.63. The van der Waals surface area contributed by atoms with Crippen LogP contribution in [0.5, 0.6) is 0 Å². The highest BCUT2D eigenvalue weighted by Gasteiger charge is 2.29. The average molecular weight is 315 g/mol. The van der Waals surface area contributed by atoms with Crippen LogP contribution in [0.1, 0.15) is 39.3 Å². The van der Waals surface area contributed by atoms with E-state index in [9.17, 15) is 14.0 Å². The molecule has 0 spiro atoms. The van der Waals surface area contributed by atoms with Gasteiger partial charge in [0.25, 0.3) is 5.91 Å². The van der Waals surface area contributed by atoms with E-state index in [1.807, 2.05) is 0 Å². The Morgan fingerprint density at radius 1 is 1.22 bits per heavy atom. The van der Waals surface area contributed by atoms with Gasteiger partial charge in [-0.15, -0.1) is 0 Å². The molecule has 1 amide bonds. The number of likely N-dealkylation sites (tertiary alicyclic amines) is 1. The first-order chi connectivity index (χ1) is 11.1. The summed E-state index contributed by atoms with van der Waals surface area (Å²) >= 11 is 0. The van der Waals surface area contributed by atoms with Gasteiger partial charge in [-0.3, -0.25) is 9.59 Å². The first kappa shape index (κ1) is 15.5. The number of hydrogen-bond acceptors (Lipinski definition) is 3. The summed E-state index contributed by atoms with van der Waals surface area (Å²) in [7, 11) is 0. The molecule has 0 radical (unpaired) electrons. The van der Waals surface area contributed by atoms with Crippen LogP contribution in [0.25, 0.3) is 0 Å². The molecule has 1 fully saturated rings. The zero-order valence-corrected chi connectivity index (χ0v) is 12.9. The molecule has 2 aromatic rings. The van der Waals surface area contributed by atoms with Crippen LogP contribution >= 0.6 is 0 Å². The van der Waals surface area contributed by atoms with Crippen molar-refractivity contribution in [2.45, 2.75) is 19.8 Å². The molecule has 4 nitrogen and oxygen atoms in total. The summed E-state index contributed by atoms with van der Waals surface area (Å²) in [4.78, 5) is 26.4. The number of piperidine rings is 1. The highest BCUT2D eigenvalue weighted by molar-refractivity contribution is 5.98. The number of furan rings is 1. The first-order valence-electron chi connectivity index (χ1n) is 7.69. The fraction of sp³-hybridized carbons (Fsp3) is 0.333. The normalized spacial score (nSPS) is 15.7. The molecule has 0 aliphatic carbocycles. The van der Waals surface area contributed by atoms with E-state index in [1.54, 1.807) is 30.0 Å². The predicted octanol–water partition coefficient (Wildman–Crippen LogP) is 3.46. The summed E-state index contributed by atoms with van der Waals surface area (Å²) in [6, 6.07) is 7.78. The van der Waals surface area contributed by atoms with Crippen LogP contribution in [0.2, 0.25) is 0 Å². The molecule has 1 aliphatic heterocycles. The summed E-state index contributed by atoms with van der Waals surface area (Å²) in [5.41, 5.74) is 1.01. The monoisotopic (exact) mass is 315 g/mol. The number of hydrogen-bond donors (Lipinski definition) is 0. The van der Waals surface area contributed by atoms with Crippen molar-refractivity contribution in [2.75, 3.05) is 13.1 Å². The molecule has 1 saturated heterocycles. The minimum absolute atomic E-state index is 0.0261. The number of halogens is 1. The molecular formula is C18H18FNO3. The van der Waals surface area contributed by atoms with E-state index in [0.717, 1.165) is 0 Å². The van der Waals surface area contributed by atoms with Crippen LogP contribution in [0, 0.1) is 18.7 Å². The number of ketones is 1. The number of rotatable bonds is 3. The smallest absolute Gasteiger partial charge is 0.289 e. The van der Waals surface area contributed by atoms with Crippen LogP contribution < -0.4 is 0 Å². The van der Waals surface area contributed by atoms with Gasteiger partial charge >= 0.3 is 0 Å². The lowest BCUT2D eigenvalue weighted by Gasteiger charge is -2.30. The van der Waals surface area contributed by atoms with E-state index < -0.39 is 0 Å². The van der Waals surface area contributed by atoms with Crippen molar-refractivity contribution >= 4 is 11.7 Å². The van der Waals surface area contributed by atoms with Gasteiger partial charge in [0.05, 0.1) is 6.26 Å². The highest BCUT2D eigenvalue weighted by Crippen LogP contribution is 2.24. The third-order valence-corrected chi connectivity index (χ3v) is 4.33. The second-order valence-electron chi connectivity index (χ2n) is 5.87. The van der Waals surface area contributed by atoms with E-state index in [-0.39, 0.29) is 23.4 Å². The van der Waals surface area contributed by atoms with Crippen molar-refractivity contribution in [3.05, 3.63) is 59.3 Å². The molecule has 1 aromatic heterocycles. The predicted molar refractivity (Wildman–Crippen MR) is 82.8 cm³/mol. The fourth-order valence-electron chi connectivity index (χ4n) is 2.93. The van der Waals surface area contributed by atoms with Crippen molar-refractivity contribution in [1.82, 2.24) is 4.90 Å². The number of carbonyl (C=O) groups excluding carboxylic acids is 2. The summed E-state index contributed by atoms with van der Waals surface area (Å²) in [5.74, 6) is -0.221. The molecule has 0 unspecified atom stereocenters. The lowest BCUT2D eigenvalue weighted by molar-refractivity contribution is 0.0624. The average Bonchev–Trinajstić information content (AvgIpc) is 3.11. The molecule has 0 bridgehead atoms. The van der Waals surface area contributed by atoms with E-state index in [4.69, 9.17) is 4.42 Å². The summed E-state index contributed by atoms with van der Waals surface area (Å²) in [6.07, 6.45) is 2.70. The first-order valence-corrected chi connectivity index (χ1v) is 7.69. The van der Waals surface area contributed by atoms with E-state index >= 15 is 0 Å². The Kier molecular flexibility index (Phi) is 4.28. The molecule has 0 saturated carbocycles. The number of aryl methyl sites for hydroxylation is 1. The number of Topliss-reactive ketones (excluding diaryl/α,β-unsaturated/α-hetero) is 1. The SMILES string of the molecule is Cc1cc(C(=O)C2CCN(C(=O)c3ccco3)CC2)ccc1F. The summed E-state index contributed by atoms with van der Waals surface area (Å²) < 4.78 is 18.4. The Morgan fingerprint density at radius 3 is 2.57 bits per heavy atom. The van der Waals surface area contributed by atoms with E-state index in [2.05, 4.69) is 0 Å². The molecule has 5 heteroatoms. The minimum Gasteiger partial charge on any atom is -0.459 e. The lowest BCUT2D eigenvalue weighted by Crippen LogP contribution is -2.40. The van der Waals surface area contributed by atoms with Gasteiger partial charge in [-0.25, -0.2) is 4.39 Å². The van der Waals surface area contributed by atoms with E-state index in [1.165, 1.54) is 18.4 Å². The number of benzene rings is 1. The summed E-state index contributed by atoms with van der Waals surface area (Å²) in [5, 5.41) is 0. The quantitative estimate of drug-likeness (QED) is 0.815. The Labute approximate surface area is 133 Å².